The van der Waals surface area contributed by atoms with Crippen molar-refractivity contribution in [2.45, 2.75) is 32.8 Å². The van der Waals surface area contributed by atoms with Crippen molar-refractivity contribution in [3.05, 3.63) is 42.1 Å². The summed E-state index contributed by atoms with van der Waals surface area (Å²) in [7, 11) is 0. The van der Waals surface area contributed by atoms with E-state index in [4.69, 9.17) is 0 Å². The van der Waals surface area contributed by atoms with Crippen molar-refractivity contribution in [1.29, 1.82) is 0 Å². The molecule has 2 heteroatoms. The molecular weight excluding hydrogens is 210 g/mol. The van der Waals surface area contributed by atoms with Gasteiger partial charge in [0.25, 0.3) is 0 Å². The van der Waals surface area contributed by atoms with Crippen LogP contribution in [0.5, 0.6) is 0 Å². The minimum Gasteiger partial charge on any atom is -0.388 e. The second kappa shape index (κ2) is 5.28. The largest absolute Gasteiger partial charge is 0.388 e. The molecule has 0 radical (unpaired) electrons. The standard InChI is InChI=1S/C15H19NO/c1-11(2)8-9-15(17)13-5-3-7-14-12(13)6-4-10-16-14/h3-7,10-11,15,17H,8-9H2,1-2H3. The molecular formula is C15H19NO. The normalized spacial score (nSPS) is 13.2. The first-order chi connectivity index (χ1) is 8.18. The van der Waals surface area contributed by atoms with Crippen molar-refractivity contribution in [2.75, 3.05) is 0 Å². The lowest BCUT2D eigenvalue weighted by atomic mass is 9.97. The molecule has 17 heavy (non-hydrogen) atoms. The number of benzene rings is 1. The Hall–Kier alpha value is -1.41. The van der Waals surface area contributed by atoms with Crippen LogP contribution in [0, 0.1) is 5.92 Å². The number of hydrogen-bond donors (Lipinski definition) is 1. The molecule has 0 fully saturated rings. The van der Waals surface area contributed by atoms with E-state index in [0.29, 0.717) is 5.92 Å². The Morgan fingerprint density at radius 2 is 1.94 bits per heavy atom. The fraction of sp³-hybridized carbons (Fsp3) is 0.400. The lowest BCUT2D eigenvalue weighted by Crippen LogP contribution is -2.01. The van der Waals surface area contributed by atoms with Crippen LogP contribution in [0.15, 0.2) is 36.5 Å². The van der Waals surface area contributed by atoms with Gasteiger partial charge in [-0.1, -0.05) is 32.0 Å². The lowest BCUT2D eigenvalue weighted by Gasteiger charge is -2.14. The van der Waals surface area contributed by atoms with E-state index in [1.54, 1.807) is 6.20 Å². The molecule has 0 aliphatic heterocycles. The van der Waals surface area contributed by atoms with Crippen LogP contribution in [0.25, 0.3) is 10.9 Å². The predicted molar refractivity (Wildman–Crippen MR) is 70.8 cm³/mol. The summed E-state index contributed by atoms with van der Waals surface area (Å²) in [5.74, 6) is 0.623. The topological polar surface area (TPSA) is 33.1 Å². The van der Waals surface area contributed by atoms with Crippen molar-refractivity contribution in [3.8, 4) is 0 Å². The minimum atomic E-state index is -0.384. The van der Waals surface area contributed by atoms with Crippen molar-refractivity contribution < 1.29 is 5.11 Å². The minimum absolute atomic E-state index is 0.384. The molecule has 0 bridgehead atoms. The van der Waals surface area contributed by atoms with Crippen molar-refractivity contribution in [1.82, 2.24) is 4.98 Å². The van der Waals surface area contributed by atoms with Gasteiger partial charge in [-0.15, -0.1) is 0 Å². The quantitative estimate of drug-likeness (QED) is 0.867. The van der Waals surface area contributed by atoms with Gasteiger partial charge >= 0.3 is 0 Å². The maximum absolute atomic E-state index is 10.2. The van der Waals surface area contributed by atoms with E-state index in [9.17, 15) is 5.11 Å². The monoisotopic (exact) mass is 229 g/mol. The molecule has 1 aromatic heterocycles. The van der Waals surface area contributed by atoms with Gasteiger partial charge in [-0.3, -0.25) is 4.98 Å². The van der Waals surface area contributed by atoms with Gasteiger partial charge in [0, 0.05) is 11.6 Å². The summed E-state index contributed by atoms with van der Waals surface area (Å²) >= 11 is 0. The predicted octanol–water partition coefficient (Wildman–Crippen LogP) is 3.70. The molecule has 1 aromatic carbocycles. The van der Waals surface area contributed by atoms with Crippen LogP contribution in [-0.2, 0) is 0 Å². The van der Waals surface area contributed by atoms with Crippen LogP contribution in [0.1, 0.15) is 38.4 Å². The summed E-state index contributed by atoms with van der Waals surface area (Å²) < 4.78 is 0. The van der Waals surface area contributed by atoms with Gasteiger partial charge in [0.2, 0.25) is 0 Å². The number of aliphatic hydroxyl groups excluding tert-OH is 1. The smallest absolute Gasteiger partial charge is 0.0796 e. The molecule has 90 valence electrons. The Labute approximate surface area is 102 Å². The number of nitrogens with zero attached hydrogens (tertiary/aromatic N) is 1. The highest BCUT2D eigenvalue weighted by atomic mass is 16.3. The average Bonchev–Trinajstić information content (AvgIpc) is 2.35. The van der Waals surface area contributed by atoms with Crippen LogP contribution in [0.3, 0.4) is 0 Å². The summed E-state index contributed by atoms with van der Waals surface area (Å²) in [5.41, 5.74) is 1.95. The molecule has 2 rings (SSSR count). The van der Waals surface area contributed by atoms with Crippen LogP contribution < -0.4 is 0 Å². The molecule has 0 saturated carbocycles. The Morgan fingerprint density at radius 1 is 1.12 bits per heavy atom. The molecule has 0 saturated heterocycles. The summed E-state index contributed by atoms with van der Waals surface area (Å²) in [6, 6.07) is 9.88. The number of fused-ring (bicyclic) bond motifs is 1. The Morgan fingerprint density at radius 3 is 2.71 bits per heavy atom. The number of rotatable bonds is 4. The van der Waals surface area contributed by atoms with Crippen LogP contribution in [0.4, 0.5) is 0 Å². The zero-order chi connectivity index (χ0) is 12.3. The van der Waals surface area contributed by atoms with Gasteiger partial charge < -0.3 is 5.11 Å². The highest BCUT2D eigenvalue weighted by molar-refractivity contribution is 5.82. The third-order valence-electron chi connectivity index (χ3n) is 3.06. The van der Waals surface area contributed by atoms with E-state index >= 15 is 0 Å². The van der Waals surface area contributed by atoms with Crippen molar-refractivity contribution in [3.63, 3.8) is 0 Å². The fourth-order valence-electron chi connectivity index (χ4n) is 2.06. The Bertz CT molecular complexity index is 488. The fourth-order valence-corrected chi connectivity index (χ4v) is 2.06. The van der Waals surface area contributed by atoms with Crippen LogP contribution in [0.2, 0.25) is 0 Å². The van der Waals surface area contributed by atoms with E-state index in [0.717, 1.165) is 29.3 Å². The maximum Gasteiger partial charge on any atom is 0.0796 e. The van der Waals surface area contributed by atoms with Gasteiger partial charge in [-0.25, -0.2) is 0 Å². The number of hydrogen-bond acceptors (Lipinski definition) is 2. The van der Waals surface area contributed by atoms with E-state index in [1.807, 2.05) is 30.3 Å². The Kier molecular flexibility index (Phi) is 3.75. The van der Waals surface area contributed by atoms with E-state index in [1.165, 1.54) is 0 Å². The van der Waals surface area contributed by atoms with E-state index in [2.05, 4.69) is 18.8 Å². The van der Waals surface area contributed by atoms with Crippen molar-refractivity contribution in [2.24, 2.45) is 5.92 Å². The zero-order valence-corrected chi connectivity index (χ0v) is 10.4. The molecule has 0 aliphatic rings. The Balaban J connectivity index is 2.28. The molecule has 1 unspecified atom stereocenters. The molecule has 2 aromatic rings. The average molecular weight is 229 g/mol. The van der Waals surface area contributed by atoms with Gasteiger partial charge in [-0.05, 0) is 36.5 Å². The molecule has 1 atom stereocenters. The van der Waals surface area contributed by atoms with Gasteiger partial charge in [0.1, 0.15) is 0 Å². The maximum atomic E-state index is 10.2. The second-order valence-corrected chi connectivity index (χ2v) is 4.90. The van der Waals surface area contributed by atoms with Crippen LogP contribution >= 0.6 is 0 Å². The summed E-state index contributed by atoms with van der Waals surface area (Å²) in [4.78, 5) is 4.31. The first kappa shape index (κ1) is 12.1. The first-order valence-electron chi connectivity index (χ1n) is 6.20. The summed E-state index contributed by atoms with van der Waals surface area (Å²) in [6.07, 6.45) is 3.25. The number of aromatic nitrogens is 1. The van der Waals surface area contributed by atoms with E-state index < -0.39 is 0 Å². The molecule has 1 N–H and O–H groups in total. The second-order valence-electron chi connectivity index (χ2n) is 4.90. The number of aliphatic hydroxyl groups is 1. The third-order valence-corrected chi connectivity index (χ3v) is 3.06. The van der Waals surface area contributed by atoms with Crippen LogP contribution in [-0.4, -0.2) is 10.1 Å². The lowest BCUT2D eigenvalue weighted by molar-refractivity contribution is 0.160. The summed E-state index contributed by atoms with van der Waals surface area (Å²) in [5, 5.41) is 11.3. The van der Waals surface area contributed by atoms with Gasteiger partial charge in [0.05, 0.1) is 11.6 Å². The molecule has 0 spiro atoms. The third kappa shape index (κ3) is 2.83. The highest BCUT2D eigenvalue weighted by Crippen LogP contribution is 2.26. The van der Waals surface area contributed by atoms with Gasteiger partial charge in [-0.2, -0.15) is 0 Å². The summed E-state index contributed by atoms with van der Waals surface area (Å²) in [6.45, 7) is 4.36. The highest BCUT2D eigenvalue weighted by Gasteiger charge is 2.11. The van der Waals surface area contributed by atoms with Crippen molar-refractivity contribution >= 4 is 10.9 Å². The molecule has 2 nitrogen and oxygen atoms in total. The molecule has 0 aliphatic carbocycles. The van der Waals surface area contributed by atoms with E-state index in [-0.39, 0.29) is 6.10 Å². The molecule has 1 heterocycles. The SMILES string of the molecule is CC(C)CCC(O)c1cccc2ncccc12. The zero-order valence-electron chi connectivity index (χ0n) is 10.4. The van der Waals surface area contributed by atoms with Gasteiger partial charge in [0.15, 0.2) is 0 Å². The first-order valence-corrected chi connectivity index (χ1v) is 6.20. The molecule has 0 amide bonds. The number of pyridine rings is 1.